The Kier molecular flexibility index (Phi) is 6.98. The van der Waals surface area contributed by atoms with Crippen LogP contribution in [-0.2, 0) is 14.3 Å². The standard InChI is InChI=1S/C20H29NO3/c1-15(2)24-19(23)10-9-18(22)20(16-7-5-4-6-8-16)17-11-13-21(3)14-12-17/h4-8,15,17,20H,9-14H2,1-3H3. The highest BCUT2D eigenvalue weighted by Crippen LogP contribution is 2.34. The van der Waals surface area contributed by atoms with Gasteiger partial charge in [-0.1, -0.05) is 30.3 Å². The van der Waals surface area contributed by atoms with E-state index in [1.54, 1.807) is 0 Å². The monoisotopic (exact) mass is 331 g/mol. The SMILES string of the molecule is CC(C)OC(=O)CCC(=O)C(c1ccccc1)C1CCN(C)CC1. The number of Topliss-reactive ketones (excluding diaryl/α,β-unsaturated/α-hetero) is 1. The van der Waals surface area contributed by atoms with Crippen molar-refractivity contribution in [2.75, 3.05) is 20.1 Å². The van der Waals surface area contributed by atoms with Gasteiger partial charge >= 0.3 is 5.97 Å². The summed E-state index contributed by atoms with van der Waals surface area (Å²) in [6.07, 6.45) is 2.35. The third kappa shape index (κ3) is 5.45. The van der Waals surface area contributed by atoms with Gasteiger partial charge in [-0.2, -0.15) is 0 Å². The first-order chi connectivity index (χ1) is 11.5. The van der Waals surface area contributed by atoms with Gasteiger partial charge in [-0.25, -0.2) is 0 Å². The first kappa shape index (κ1) is 18.7. The number of likely N-dealkylation sites (tertiary alicyclic amines) is 1. The molecule has 1 heterocycles. The van der Waals surface area contributed by atoms with Crippen molar-refractivity contribution in [3.63, 3.8) is 0 Å². The number of carbonyl (C=O) groups is 2. The Bertz CT molecular complexity index is 533. The van der Waals surface area contributed by atoms with E-state index in [0.717, 1.165) is 31.5 Å². The third-order valence-electron chi connectivity index (χ3n) is 4.68. The maximum absolute atomic E-state index is 12.9. The van der Waals surface area contributed by atoms with Gasteiger partial charge in [0.1, 0.15) is 5.78 Å². The summed E-state index contributed by atoms with van der Waals surface area (Å²) >= 11 is 0. The Hall–Kier alpha value is -1.68. The second-order valence-corrected chi connectivity index (χ2v) is 7.03. The van der Waals surface area contributed by atoms with E-state index in [0.29, 0.717) is 5.92 Å². The Morgan fingerprint density at radius 3 is 2.33 bits per heavy atom. The van der Waals surface area contributed by atoms with Crippen LogP contribution >= 0.6 is 0 Å². The fraction of sp³-hybridized carbons (Fsp3) is 0.600. The molecule has 0 aromatic heterocycles. The second-order valence-electron chi connectivity index (χ2n) is 7.03. The zero-order chi connectivity index (χ0) is 17.5. The summed E-state index contributed by atoms with van der Waals surface area (Å²) in [6.45, 7) is 5.70. The van der Waals surface area contributed by atoms with E-state index in [1.807, 2.05) is 44.2 Å². The maximum Gasteiger partial charge on any atom is 0.306 e. The molecule has 1 saturated heterocycles. The highest BCUT2D eigenvalue weighted by atomic mass is 16.5. The number of ether oxygens (including phenoxy) is 1. The molecule has 0 bridgehead atoms. The molecule has 0 amide bonds. The molecule has 4 nitrogen and oxygen atoms in total. The zero-order valence-corrected chi connectivity index (χ0v) is 15.0. The summed E-state index contributed by atoms with van der Waals surface area (Å²) in [5, 5.41) is 0. The number of hydrogen-bond acceptors (Lipinski definition) is 4. The molecule has 1 fully saturated rings. The first-order valence-corrected chi connectivity index (χ1v) is 8.93. The first-order valence-electron chi connectivity index (χ1n) is 8.93. The zero-order valence-electron chi connectivity index (χ0n) is 15.0. The van der Waals surface area contributed by atoms with Crippen molar-refractivity contribution in [3.05, 3.63) is 35.9 Å². The summed E-state index contributed by atoms with van der Waals surface area (Å²) in [6, 6.07) is 10.0. The minimum Gasteiger partial charge on any atom is -0.463 e. The van der Waals surface area contributed by atoms with Gasteiger partial charge in [0.25, 0.3) is 0 Å². The summed E-state index contributed by atoms with van der Waals surface area (Å²) in [5.74, 6) is 0.133. The maximum atomic E-state index is 12.9. The van der Waals surface area contributed by atoms with Crippen molar-refractivity contribution in [2.45, 2.75) is 51.6 Å². The van der Waals surface area contributed by atoms with Crippen LogP contribution in [0, 0.1) is 5.92 Å². The van der Waals surface area contributed by atoms with E-state index < -0.39 is 0 Å². The van der Waals surface area contributed by atoms with Crippen LogP contribution in [0.5, 0.6) is 0 Å². The van der Waals surface area contributed by atoms with E-state index in [9.17, 15) is 9.59 Å². The molecule has 1 unspecified atom stereocenters. The van der Waals surface area contributed by atoms with Crippen LogP contribution in [0.3, 0.4) is 0 Å². The number of esters is 1. The van der Waals surface area contributed by atoms with Gasteiger partial charge in [0.05, 0.1) is 12.5 Å². The van der Waals surface area contributed by atoms with Gasteiger partial charge < -0.3 is 9.64 Å². The number of benzene rings is 1. The Balaban J connectivity index is 2.05. The second kappa shape index (κ2) is 8.97. The predicted octanol–water partition coefficient (Wildman–Crippen LogP) is 3.41. The molecule has 132 valence electrons. The van der Waals surface area contributed by atoms with Crippen LogP contribution in [0.4, 0.5) is 0 Å². The van der Waals surface area contributed by atoms with Crippen LogP contribution in [0.2, 0.25) is 0 Å². The molecule has 0 saturated carbocycles. The molecule has 1 aromatic rings. The summed E-state index contributed by atoms with van der Waals surface area (Å²) in [7, 11) is 2.12. The molecule has 0 N–H and O–H groups in total. The van der Waals surface area contributed by atoms with Crippen LogP contribution in [0.25, 0.3) is 0 Å². The van der Waals surface area contributed by atoms with Gasteiger partial charge in [-0.05, 0) is 58.3 Å². The van der Waals surface area contributed by atoms with Gasteiger partial charge in [-0.15, -0.1) is 0 Å². The van der Waals surface area contributed by atoms with Crippen molar-refractivity contribution in [2.24, 2.45) is 5.92 Å². The lowest BCUT2D eigenvalue weighted by atomic mass is 9.76. The average molecular weight is 331 g/mol. The van der Waals surface area contributed by atoms with Crippen LogP contribution < -0.4 is 0 Å². The summed E-state index contributed by atoms with van der Waals surface area (Å²) in [5.41, 5.74) is 1.08. The molecule has 1 aliphatic heterocycles. The molecule has 0 radical (unpaired) electrons. The normalized spacial score (nSPS) is 17.7. The predicted molar refractivity (Wildman–Crippen MR) is 94.9 cm³/mol. The van der Waals surface area contributed by atoms with Crippen LogP contribution in [-0.4, -0.2) is 42.9 Å². The molecular weight excluding hydrogens is 302 g/mol. The number of nitrogens with zero attached hydrogens (tertiary/aromatic N) is 1. The number of rotatable bonds is 7. The third-order valence-corrected chi connectivity index (χ3v) is 4.68. The smallest absolute Gasteiger partial charge is 0.306 e. The van der Waals surface area contributed by atoms with E-state index in [4.69, 9.17) is 4.74 Å². The van der Waals surface area contributed by atoms with Gasteiger partial charge in [0.2, 0.25) is 0 Å². The molecule has 1 aliphatic rings. The molecule has 2 rings (SSSR count). The fourth-order valence-electron chi connectivity index (χ4n) is 3.45. The fourth-order valence-corrected chi connectivity index (χ4v) is 3.45. The number of carbonyl (C=O) groups excluding carboxylic acids is 2. The molecular formula is C20H29NO3. The van der Waals surface area contributed by atoms with E-state index in [1.165, 1.54) is 0 Å². The largest absolute Gasteiger partial charge is 0.463 e. The topological polar surface area (TPSA) is 46.6 Å². The van der Waals surface area contributed by atoms with Crippen LogP contribution in [0.1, 0.15) is 51.0 Å². The molecule has 0 aliphatic carbocycles. The Labute approximate surface area is 145 Å². The van der Waals surface area contributed by atoms with Gasteiger partial charge in [0, 0.05) is 12.3 Å². The average Bonchev–Trinajstić information content (AvgIpc) is 2.55. The molecule has 0 spiro atoms. The molecule has 1 atom stereocenters. The summed E-state index contributed by atoms with van der Waals surface area (Å²) < 4.78 is 5.15. The lowest BCUT2D eigenvalue weighted by Gasteiger charge is -2.34. The van der Waals surface area contributed by atoms with Crippen molar-refractivity contribution in [1.82, 2.24) is 4.90 Å². The highest BCUT2D eigenvalue weighted by Gasteiger charge is 2.31. The van der Waals surface area contributed by atoms with Crippen molar-refractivity contribution in [1.29, 1.82) is 0 Å². The van der Waals surface area contributed by atoms with E-state index in [-0.39, 0.29) is 36.6 Å². The number of ketones is 1. The van der Waals surface area contributed by atoms with E-state index >= 15 is 0 Å². The number of hydrogen-bond donors (Lipinski definition) is 0. The summed E-state index contributed by atoms with van der Waals surface area (Å²) in [4.78, 5) is 27.0. The molecule has 24 heavy (non-hydrogen) atoms. The van der Waals surface area contributed by atoms with Crippen molar-refractivity contribution in [3.8, 4) is 0 Å². The van der Waals surface area contributed by atoms with Gasteiger partial charge in [0.15, 0.2) is 0 Å². The van der Waals surface area contributed by atoms with Crippen molar-refractivity contribution >= 4 is 11.8 Å². The van der Waals surface area contributed by atoms with E-state index in [2.05, 4.69) is 11.9 Å². The Morgan fingerprint density at radius 2 is 1.75 bits per heavy atom. The molecule has 4 heteroatoms. The quantitative estimate of drug-likeness (QED) is 0.718. The highest BCUT2D eigenvalue weighted by molar-refractivity contribution is 5.88. The van der Waals surface area contributed by atoms with Gasteiger partial charge in [-0.3, -0.25) is 9.59 Å². The lowest BCUT2D eigenvalue weighted by Crippen LogP contribution is -2.35. The minimum absolute atomic E-state index is 0.105. The number of piperidine rings is 1. The minimum atomic E-state index is -0.284. The molecule has 1 aromatic carbocycles. The van der Waals surface area contributed by atoms with Crippen molar-refractivity contribution < 1.29 is 14.3 Å². The van der Waals surface area contributed by atoms with Crippen LogP contribution in [0.15, 0.2) is 30.3 Å². The Morgan fingerprint density at radius 1 is 1.12 bits per heavy atom. The lowest BCUT2D eigenvalue weighted by molar-refractivity contribution is -0.148.